The first-order valence-corrected chi connectivity index (χ1v) is 9.89. The van der Waals surface area contributed by atoms with Gasteiger partial charge in [0.25, 0.3) is 0 Å². The van der Waals surface area contributed by atoms with Gasteiger partial charge in [-0.1, -0.05) is 42.5 Å². The van der Waals surface area contributed by atoms with Gasteiger partial charge in [-0.3, -0.25) is 14.4 Å². The number of amides is 3. The average molecular weight is 442 g/mol. The van der Waals surface area contributed by atoms with Gasteiger partial charge < -0.3 is 31.9 Å². The van der Waals surface area contributed by atoms with Gasteiger partial charge in [-0.2, -0.15) is 0 Å². The van der Waals surface area contributed by atoms with E-state index in [-0.39, 0.29) is 25.1 Å². The third kappa shape index (κ3) is 8.07. The Kier molecular flexibility index (Phi) is 9.18. The first-order chi connectivity index (χ1) is 15.3. The van der Waals surface area contributed by atoms with Crippen molar-refractivity contribution in [3.63, 3.8) is 0 Å². The molecule has 0 aliphatic carbocycles. The summed E-state index contributed by atoms with van der Waals surface area (Å²) in [6.07, 6.45) is 0.192. The number of rotatable bonds is 11. The van der Waals surface area contributed by atoms with Crippen molar-refractivity contribution in [2.45, 2.75) is 24.9 Å². The van der Waals surface area contributed by atoms with Crippen molar-refractivity contribution in [3.05, 3.63) is 65.7 Å². The monoisotopic (exact) mass is 442 g/mol. The molecule has 0 spiro atoms. The molecule has 2 unspecified atom stereocenters. The summed E-state index contributed by atoms with van der Waals surface area (Å²) in [4.78, 5) is 48.0. The molecule has 0 aliphatic heterocycles. The fourth-order valence-corrected chi connectivity index (χ4v) is 2.92. The quantitative estimate of drug-likeness (QED) is 0.267. The number of benzene rings is 2. The molecular formula is C22H26N4O6. The highest BCUT2D eigenvalue weighted by Gasteiger charge is 2.23. The Morgan fingerprint density at radius 2 is 1.38 bits per heavy atom. The zero-order valence-electron chi connectivity index (χ0n) is 17.3. The zero-order chi connectivity index (χ0) is 23.5. The van der Waals surface area contributed by atoms with E-state index in [0.29, 0.717) is 5.56 Å². The lowest BCUT2D eigenvalue weighted by Crippen LogP contribution is -2.52. The van der Waals surface area contributed by atoms with Crippen molar-refractivity contribution in [1.29, 1.82) is 0 Å². The SMILES string of the molecule is NCC(=O)NC(Cc1ccccc1)C(=O)NCC(=O)NC(Cc1ccc(O)cc1)C(=O)O. The van der Waals surface area contributed by atoms with Crippen LogP contribution in [0, 0.1) is 0 Å². The van der Waals surface area contributed by atoms with E-state index in [1.807, 2.05) is 6.07 Å². The van der Waals surface area contributed by atoms with Gasteiger partial charge in [0.05, 0.1) is 13.1 Å². The second kappa shape index (κ2) is 12.1. The van der Waals surface area contributed by atoms with Gasteiger partial charge >= 0.3 is 5.97 Å². The normalized spacial score (nSPS) is 12.3. The summed E-state index contributed by atoms with van der Waals surface area (Å²) in [6.45, 7) is -0.765. The highest BCUT2D eigenvalue weighted by Crippen LogP contribution is 2.11. The molecule has 0 radical (unpaired) electrons. The molecule has 0 heterocycles. The molecular weight excluding hydrogens is 416 g/mol. The van der Waals surface area contributed by atoms with Crippen LogP contribution in [0.1, 0.15) is 11.1 Å². The fraction of sp³-hybridized carbons (Fsp3) is 0.273. The topological polar surface area (TPSA) is 171 Å². The molecule has 10 nitrogen and oxygen atoms in total. The molecule has 0 saturated carbocycles. The molecule has 2 aromatic rings. The van der Waals surface area contributed by atoms with Gasteiger partial charge in [-0.25, -0.2) is 4.79 Å². The van der Waals surface area contributed by atoms with E-state index in [0.717, 1.165) is 5.56 Å². The van der Waals surface area contributed by atoms with Gasteiger partial charge in [0.2, 0.25) is 17.7 Å². The minimum Gasteiger partial charge on any atom is -0.508 e. The molecule has 0 saturated heterocycles. The van der Waals surface area contributed by atoms with Crippen molar-refractivity contribution >= 4 is 23.7 Å². The molecule has 0 bridgehead atoms. The first kappa shape index (κ1) is 24.4. The summed E-state index contributed by atoms with van der Waals surface area (Å²) in [6, 6.07) is 12.8. The number of carboxylic acid groups (broad SMARTS) is 1. The molecule has 10 heteroatoms. The van der Waals surface area contributed by atoms with E-state index in [4.69, 9.17) is 5.73 Å². The van der Waals surface area contributed by atoms with Crippen molar-refractivity contribution in [1.82, 2.24) is 16.0 Å². The smallest absolute Gasteiger partial charge is 0.326 e. The number of nitrogens with two attached hydrogens (primary N) is 1. The van der Waals surface area contributed by atoms with Crippen molar-refractivity contribution < 1.29 is 29.4 Å². The van der Waals surface area contributed by atoms with Gasteiger partial charge in [0.1, 0.15) is 17.8 Å². The maximum Gasteiger partial charge on any atom is 0.326 e. The number of nitrogens with one attached hydrogen (secondary N) is 3. The molecule has 2 atom stereocenters. The molecule has 0 aliphatic rings. The number of aromatic hydroxyl groups is 1. The Bertz CT molecular complexity index is 933. The van der Waals surface area contributed by atoms with E-state index in [1.54, 1.807) is 36.4 Å². The minimum absolute atomic E-state index is 0.00150. The Labute approximate surface area is 184 Å². The van der Waals surface area contributed by atoms with Crippen LogP contribution in [0.15, 0.2) is 54.6 Å². The largest absolute Gasteiger partial charge is 0.508 e. The minimum atomic E-state index is -1.24. The highest BCUT2D eigenvalue weighted by atomic mass is 16.4. The van der Waals surface area contributed by atoms with Gasteiger partial charge in [0, 0.05) is 12.8 Å². The summed E-state index contributed by atoms with van der Waals surface area (Å²) in [7, 11) is 0. The van der Waals surface area contributed by atoms with E-state index in [2.05, 4.69) is 16.0 Å². The van der Waals surface area contributed by atoms with Crippen molar-refractivity contribution in [2.24, 2.45) is 5.73 Å². The van der Waals surface area contributed by atoms with Crippen LogP contribution in [0.2, 0.25) is 0 Å². The summed E-state index contributed by atoms with van der Waals surface area (Å²) in [5.74, 6) is -3.02. The highest BCUT2D eigenvalue weighted by molar-refractivity contribution is 5.92. The number of carbonyl (C=O) groups excluding carboxylic acids is 3. The number of hydrogen-bond acceptors (Lipinski definition) is 6. The van der Waals surface area contributed by atoms with Crippen molar-refractivity contribution in [3.8, 4) is 5.75 Å². The number of aliphatic carboxylic acids is 1. The fourth-order valence-electron chi connectivity index (χ4n) is 2.92. The van der Waals surface area contributed by atoms with Crippen LogP contribution in [0.3, 0.4) is 0 Å². The van der Waals surface area contributed by atoms with E-state index >= 15 is 0 Å². The first-order valence-electron chi connectivity index (χ1n) is 9.89. The van der Waals surface area contributed by atoms with Crippen LogP contribution < -0.4 is 21.7 Å². The summed E-state index contributed by atoms with van der Waals surface area (Å²) in [5.41, 5.74) is 6.72. The Morgan fingerprint density at radius 1 is 0.812 bits per heavy atom. The van der Waals surface area contributed by atoms with Gasteiger partial charge in [-0.15, -0.1) is 0 Å². The number of hydrogen-bond donors (Lipinski definition) is 6. The summed E-state index contributed by atoms with van der Waals surface area (Å²) >= 11 is 0. The lowest BCUT2D eigenvalue weighted by atomic mass is 10.0. The third-order valence-corrected chi connectivity index (χ3v) is 4.55. The predicted molar refractivity (Wildman–Crippen MR) is 116 cm³/mol. The van der Waals surface area contributed by atoms with Crippen LogP contribution in [0.25, 0.3) is 0 Å². The molecule has 2 aromatic carbocycles. The van der Waals surface area contributed by atoms with E-state index in [1.165, 1.54) is 12.1 Å². The molecule has 3 amide bonds. The maximum atomic E-state index is 12.6. The predicted octanol–water partition coefficient (Wildman–Crippen LogP) is -0.693. The van der Waals surface area contributed by atoms with Crippen LogP contribution >= 0.6 is 0 Å². The molecule has 32 heavy (non-hydrogen) atoms. The molecule has 0 aromatic heterocycles. The second-order valence-corrected chi connectivity index (χ2v) is 7.06. The van der Waals surface area contributed by atoms with Crippen LogP contribution in [0.5, 0.6) is 5.75 Å². The van der Waals surface area contributed by atoms with E-state index in [9.17, 15) is 29.4 Å². The maximum absolute atomic E-state index is 12.6. The number of phenolic OH excluding ortho intramolecular Hbond substituents is 1. The lowest BCUT2D eigenvalue weighted by Gasteiger charge is -2.19. The number of carbonyl (C=O) groups is 4. The Hall–Kier alpha value is -3.92. The molecule has 7 N–H and O–H groups in total. The zero-order valence-corrected chi connectivity index (χ0v) is 17.3. The third-order valence-electron chi connectivity index (χ3n) is 4.55. The number of carboxylic acids is 1. The van der Waals surface area contributed by atoms with Crippen LogP contribution in [0.4, 0.5) is 0 Å². The average Bonchev–Trinajstić information content (AvgIpc) is 2.78. The van der Waals surface area contributed by atoms with Gasteiger partial charge in [-0.05, 0) is 23.3 Å². The summed E-state index contributed by atoms with van der Waals surface area (Å²) in [5, 5.41) is 26.0. The molecule has 170 valence electrons. The van der Waals surface area contributed by atoms with E-state index < -0.39 is 42.3 Å². The number of phenols is 1. The van der Waals surface area contributed by atoms with Crippen LogP contribution in [-0.4, -0.2) is 59.1 Å². The van der Waals surface area contributed by atoms with Gasteiger partial charge in [0.15, 0.2) is 0 Å². The molecule has 2 rings (SSSR count). The van der Waals surface area contributed by atoms with Crippen molar-refractivity contribution in [2.75, 3.05) is 13.1 Å². The Balaban J connectivity index is 1.94. The van der Waals surface area contributed by atoms with Crippen LogP contribution in [-0.2, 0) is 32.0 Å². The lowest BCUT2D eigenvalue weighted by molar-refractivity contribution is -0.141. The Morgan fingerprint density at radius 3 is 1.97 bits per heavy atom. The summed E-state index contributed by atoms with van der Waals surface area (Å²) < 4.78 is 0. The second-order valence-electron chi connectivity index (χ2n) is 7.06. The molecule has 0 fully saturated rings. The standard InChI is InChI=1S/C22H26N4O6/c23-12-19(28)25-17(10-14-4-2-1-3-5-14)21(30)24-13-20(29)26-18(22(31)32)11-15-6-8-16(27)9-7-15/h1-9,17-18,27H,10-13,23H2,(H,24,30)(H,25,28)(H,26,29)(H,31,32).